The van der Waals surface area contributed by atoms with Gasteiger partial charge in [0.2, 0.25) is 0 Å². The molecule has 1 heterocycles. The molecule has 0 aliphatic rings. The molecule has 0 aliphatic carbocycles. The van der Waals surface area contributed by atoms with Gasteiger partial charge in [-0.1, -0.05) is 35.0 Å². The highest BCUT2D eigenvalue weighted by atomic mass is 79.9. The van der Waals surface area contributed by atoms with E-state index in [4.69, 9.17) is 0 Å². The molecule has 0 amide bonds. The number of hydrogen-bond donors (Lipinski definition) is 1. The third-order valence-corrected chi connectivity index (χ3v) is 3.39. The van der Waals surface area contributed by atoms with Crippen LogP contribution in [0.25, 0.3) is 0 Å². The van der Waals surface area contributed by atoms with E-state index in [1.165, 1.54) is 11.1 Å². The maximum absolute atomic E-state index is 4.41. The third kappa shape index (κ3) is 3.43. The van der Waals surface area contributed by atoms with Crippen molar-refractivity contribution in [3.63, 3.8) is 0 Å². The van der Waals surface area contributed by atoms with Crippen molar-refractivity contribution in [2.45, 2.75) is 26.4 Å². The third-order valence-electron chi connectivity index (χ3n) is 2.90. The molecule has 3 nitrogen and oxygen atoms in total. The van der Waals surface area contributed by atoms with E-state index in [1.54, 1.807) is 0 Å². The van der Waals surface area contributed by atoms with Crippen molar-refractivity contribution in [3.05, 3.63) is 52.3 Å². The van der Waals surface area contributed by atoms with Gasteiger partial charge in [-0.05, 0) is 31.2 Å². The Kier molecular flexibility index (Phi) is 4.55. The molecule has 0 spiro atoms. The van der Waals surface area contributed by atoms with Gasteiger partial charge in [-0.2, -0.15) is 5.10 Å². The standard InChI is InChI=1S/C14H18BrN3/c1-3-16-11(2)13-8-17-18(10-13)9-12-5-4-6-14(15)7-12/h4-8,10-11,16H,3,9H2,1-2H3. The lowest BCUT2D eigenvalue weighted by Crippen LogP contribution is -2.17. The van der Waals surface area contributed by atoms with Gasteiger partial charge in [-0.3, -0.25) is 4.68 Å². The molecular weight excluding hydrogens is 290 g/mol. The van der Waals surface area contributed by atoms with E-state index in [2.05, 4.69) is 58.5 Å². The second kappa shape index (κ2) is 6.16. The Labute approximate surface area is 116 Å². The van der Waals surface area contributed by atoms with Gasteiger partial charge >= 0.3 is 0 Å². The molecule has 1 unspecified atom stereocenters. The number of hydrogen-bond acceptors (Lipinski definition) is 2. The van der Waals surface area contributed by atoms with Crippen LogP contribution in [0.2, 0.25) is 0 Å². The van der Waals surface area contributed by atoms with E-state index in [1.807, 2.05) is 23.0 Å². The van der Waals surface area contributed by atoms with Gasteiger partial charge in [0.1, 0.15) is 0 Å². The summed E-state index contributed by atoms with van der Waals surface area (Å²) >= 11 is 3.48. The highest BCUT2D eigenvalue weighted by Crippen LogP contribution is 2.14. The smallest absolute Gasteiger partial charge is 0.0659 e. The van der Waals surface area contributed by atoms with Crippen molar-refractivity contribution < 1.29 is 0 Å². The summed E-state index contributed by atoms with van der Waals surface area (Å²) in [6.07, 6.45) is 4.04. The van der Waals surface area contributed by atoms with Crippen molar-refractivity contribution >= 4 is 15.9 Å². The minimum absolute atomic E-state index is 0.353. The number of halogens is 1. The average Bonchev–Trinajstić information content (AvgIpc) is 2.78. The van der Waals surface area contributed by atoms with E-state index in [0.29, 0.717) is 6.04 Å². The minimum Gasteiger partial charge on any atom is -0.310 e. The molecule has 0 radical (unpaired) electrons. The maximum Gasteiger partial charge on any atom is 0.0659 e. The second-order valence-electron chi connectivity index (χ2n) is 4.38. The fraction of sp³-hybridized carbons (Fsp3) is 0.357. The van der Waals surface area contributed by atoms with Gasteiger partial charge in [0.05, 0.1) is 12.7 Å². The van der Waals surface area contributed by atoms with Crippen LogP contribution in [-0.2, 0) is 6.54 Å². The van der Waals surface area contributed by atoms with Crippen LogP contribution < -0.4 is 5.32 Å². The first-order chi connectivity index (χ1) is 8.69. The van der Waals surface area contributed by atoms with Gasteiger partial charge in [0.15, 0.2) is 0 Å². The summed E-state index contributed by atoms with van der Waals surface area (Å²) in [5.41, 5.74) is 2.47. The molecule has 1 aromatic heterocycles. The largest absolute Gasteiger partial charge is 0.310 e. The summed E-state index contributed by atoms with van der Waals surface area (Å²) in [6.45, 7) is 6.04. The van der Waals surface area contributed by atoms with Crippen LogP contribution in [0.15, 0.2) is 41.1 Å². The van der Waals surface area contributed by atoms with Gasteiger partial charge in [-0.15, -0.1) is 0 Å². The van der Waals surface area contributed by atoms with E-state index >= 15 is 0 Å². The molecule has 4 heteroatoms. The zero-order valence-electron chi connectivity index (χ0n) is 10.7. The number of aromatic nitrogens is 2. The zero-order valence-corrected chi connectivity index (χ0v) is 12.3. The lowest BCUT2D eigenvalue weighted by atomic mass is 10.2. The van der Waals surface area contributed by atoms with Crippen molar-refractivity contribution in [2.75, 3.05) is 6.54 Å². The van der Waals surface area contributed by atoms with Crippen LogP contribution in [0, 0.1) is 0 Å². The molecule has 0 fully saturated rings. The molecule has 96 valence electrons. The van der Waals surface area contributed by atoms with Crippen LogP contribution in [0.3, 0.4) is 0 Å². The Hall–Kier alpha value is -1.13. The van der Waals surface area contributed by atoms with Crippen LogP contribution in [0.4, 0.5) is 0 Å². The molecule has 1 N–H and O–H groups in total. The zero-order chi connectivity index (χ0) is 13.0. The van der Waals surface area contributed by atoms with E-state index < -0.39 is 0 Å². The van der Waals surface area contributed by atoms with E-state index in [9.17, 15) is 0 Å². The van der Waals surface area contributed by atoms with E-state index in [-0.39, 0.29) is 0 Å². The molecule has 2 aromatic rings. The molecule has 0 saturated carbocycles. The fourth-order valence-corrected chi connectivity index (χ4v) is 2.38. The van der Waals surface area contributed by atoms with Crippen molar-refractivity contribution in [1.82, 2.24) is 15.1 Å². The predicted octanol–water partition coefficient (Wildman–Crippen LogP) is 3.36. The molecule has 2 rings (SSSR count). The summed E-state index contributed by atoms with van der Waals surface area (Å²) < 4.78 is 3.08. The van der Waals surface area contributed by atoms with Gasteiger partial charge < -0.3 is 5.32 Å². The van der Waals surface area contributed by atoms with Crippen molar-refractivity contribution in [2.24, 2.45) is 0 Å². The highest BCUT2D eigenvalue weighted by molar-refractivity contribution is 9.10. The summed E-state index contributed by atoms with van der Waals surface area (Å²) in [5, 5.41) is 7.79. The molecule has 0 bridgehead atoms. The fourth-order valence-electron chi connectivity index (χ4n) is 1.94. The number of rotatable bonds is 5. The Bertz CT molecular complexity index is 507. The predicted molar refractivity (Wildman–Crippen MR) is 77.6 cm³/mol. The monoisotopic (exact) mass is 307 g/mol. The summed E-state index contributed by atoms with van der Waals surface area (Å²) in [7, 11) is 0. The molecular formula is C14H18BrN3. The normalized spacial score (nSPS) is 12.6. The molecule has 1 atom stereocenters. The van der Waals surface area contributed by atoms with Gasteiger partial charge in [0, 0.05) is 22.3 Å². The van der Waals surface area contributed by atoms with Crippen LogP contribution in [-0.4, -0.2) is 16.3 Å². The quantitative estimate of drug-likeness (QED) is 0.918. The van der Waals surface area contributed by atoms with Crippen molar-refractivity contribution in [1.29, 1.82) is 0 Å². The van der Waals surface area contributed by atoms with Crippen LogP contribution in [0.5, 0.6) is 0 Å². The van der Waals surface area contributed by atoms with Crippen molar-refractivity contribution in [3.8, 4) is 0 Å². The first kappa shape index (κ1) is 13.3. The maximum atomic E-state index is 4.41. The Morgan fingerprint density at radius 2 is 2.28 bits per heavy atom. The van der Waals surface area contributed by atoms with Gasteiger partial charge in [0.25, 0.3) is 0 Å². The first-order valence-electron chi connectivity index (χ1n) is 6.19. The number of benzene rings is 1. The average molecular weight is 308 g/mol. The summed E-state index contributed by atoms with van der Waals surface area (Å²) in [4.78, 5) is 0. The Balaban J connectivity index is 2.06. The first-order valence-corrected chi connectivity index (χ1v) is 6.98. The lowest BCUT2D eigenvalue weighted by Gasteiger charge is -2.08. The topological polar surface area (TPSA) is 29.9 Å². The SMILES string of the molecule is CCNC(C)c1cnn(Cc2cccc(Br)c2)c1. The molecule has 1 aromatic carbocycles. The molecule has 0 aliphatic heterocycles. The summed E-state index contributed by atoms with van der Waals surface area (Å²) in [6, 6.07) is 8.66. The van der Waals surface area contributed by atoms with Gasteiger partial charge in [-0.25, -0.2) is 0 Å². The Morgan fingerprint density at radius 3 is 3.00 bits per heavy atom. The van der Waals surface area contributed by atoms with Crippen LogP contribution in [0.1, 0.15) is 31.0 Å². The lowest BCUT2D eigenvalue weighted by molar-refractivity contribution is 0.596. The highest BCUT2D eigenvalue weighted by Gasteiger charge is 2.06. The number of nitrogens with one attached hydrogen (secondary N) is 1. The minimum atomic E-state index is 0.353. The number of nitrogens with zero attached hydrogens (tertiary/aromatic N) is 2. The summed E-state index contributed by atoms with van der Waals surface area (Å²) in [5.74, 6) is 0. The second-order valence-corrected chi connectivity index (χ2v) is 5.30. The van der Waals surface area contributed by atoms with E-state index in [0.717, 1.165) is 17.6 Å². The molecule has 18 heavy (non-hydrogen) atoms. The Morgan fingerprint density at radius 1 is 1.44 bits per heavy atom. The van der Waals surface area contributed by atoms with Crippen LogP contribution >= 0.6 is 15.9 Å². The molecule has 0 saturated heterocycles.